The number of aliphatic carboxylic acids is 1. The van der Waals surface area contributed by atoms with E-state index in [1.54, 1.807) is 47.4 Å². The number of carbonyl (C=O) groups is 1. The van der Waals surface area contributed by atoms with Crippen molar-refractivity contribution in [2.75, 3.05) is 10.8 Å². The van der Waals surface area contributed by atoms with Crippen LogP contribution in [0.2, 0.25) is 10.0 Å². The second-order valence-corrected chi connectivity index (χ2v) is 9.19. The largest absolute Gasteiger partial charge is 0.480 e. The van der Waals surface area contributed by atoms with Gasteiger partial charge in [0.2, 0.25) is 5.95 Å². The summed E-state index contributed by atoms with van der Waals surface area (Å²) in [5.74, 6) is -0.927. The molecule has 2 aromatic carbocycles. The average molecular weight is 477 g/mol. The van der Waals surface area contributed by atoms with Gasteiger partial charge in [-0.05, 0) is 42.5 Å². The van der Waals surface area contributed by atoms with Crippen LogP contribution >= 0.6 is 23.2 Å². The van der Waals surface area contributed by atoms with E-state index in [0.717, 1.165) is 4.31 Å². The molecule has 0 atom stereocenters. The molecule has 0 bridgehead atoms. The zero-order valence-corrected chi connectivity index (χ0v) is 18.0. The molecular formula is C20H14Cl2N4O4S. The van der Waals surface area contributed by atoms with E-state index in [-0.39, 0.29) is 20.6 Å². The lowest BCUT2D eigenvalue weighted by Crippen LogP contribution is -2.35. The summed E-state index contributed by atoms with van der Waals surface area (Å²) in [4.78, 5) is 19.8. The van der Waals surface area contributed by atoms with Crippen molar-refractivity contribution in [2.24, 2.45) is 0 Å². The minimum Gasteiger partial charge on any atom is -0.480 e. The molecule has 31 heavy (non-hydrogen) atoms. The Morgan fingerprint density at radius 1 is 1.03 bits per heavy atom. The van der Waals surface area contributed by atoms with Crippen molar-refractivity contribution >= 4 is 55.8 Å². The Kier molecular flexibility index (Phi) is 5.57. The number of anilines is 1. The summed E-state index contributed by atoms with van der Waals surface area (Å²) in [6.45, 7) is -0.793. The minimum atomic E-state index is -4.30. The third kappa shape index (κ3) is 4.07. The molecule has 1 N–H and O–H groups in total. The number of benzene rings is 2. The van der Waals surface area contributed by atoms with Gasteiger partial charge in [-0.15, -0.1) is 0 Å². The molecule has 4 aromatic rings. The first-order valence-electron chi connectivity index (χ1n) is 8.85. The molecule has 0 saturated heterocycles. The molecule has 0 saturated carbocycles. The molecule has 2 heterocycles. The topological polar surface area (TPSA) is 105 Å². The predicted molar refractivity (Wildman–Crippen MR) is 117 cm³/mol. The predicted octanol–water partition coefficient (Wildman–Crippen LogP) is 4.01. The molecule has 0 spiro atoms. The molecule has 11 heteroatoms. The summed E-state index contributed by atoms with van der Waals surface area (Å²) in [6, 6.07) is 12.1. The van der Waals surface area contributed by atoms with Gasteiger partial charge in [0.05, 0.1) is 16.1 Å². The van der Waals surface area contributed by atoms with Gasteiger partial charge in [0.15, 0.2) is 0 Å². The Bertz CT molecular complexity index is 1370. The highest BCUT2D eigenvalue weighted by Crippen LogP contribution is 2.33. The van der Waals surface area contributed by atoms with E-state index in [1.807, 2.05) is 0 Å². The molecule has 0 fully saturated rings. The lowest BCUT2D eigenvalue weighted by Gasteiger charge is -2.24. The molecular weight excluding hydrogens is 463 g/mol. The third-order valence-electron chi connectivity index (χ3n) is 4.45. The van der Waals surface area contributed by atoms with E-state index in [4.69, 9.17) is 23.2 Å². The highest BCUT2D eigenvalue weighted by atomic mass is 35.5. The van der Waals surface area contributed by atoms with Gasteiger partial charge in [-0.3, -0.25) is 13.7 Å². The van der Waals surface area contributed by atoms with Gasteiger partial charge in [-0.25, -0.2) is 18.4 Å². The molecule has 0 aliphatic carbocycles. The number of aromatic nitrogens is 3. The van der Waals surface area contributed by atoms with Crippen LogP contribution in [0.5, 0.6) is 0 Å². The molecule has 2 aromatic heterocycles. The van der Waals surface area contributed by atoms with Crippen molar-refractivity contribution in [3.63, 3.8) is 0 Å². The number of sulfonamides is 1. The summed E-state index contributed by atoms with van der Waals surface area (Å²) >= 11 is 12.0. The van der Waals surface area contributed by atoms with Crippen LogP contribution in [0.25, 0.3) is 16.9 Å². The second kappa shape index (κ2) is 8.18. The van der Waals surface area contributed by atoms with E-state index in [2.05, 4.69) is 9.97 Å². The van der Waals surface area contributed by atoms with Gasteiger partial charge < -0.3 is 5.11 Å². The summed E-state index contributed by atoms with van der Waals surface area (Å²) in [6.07, 6.45) is 4.86. The van der Waals surface area contributed by atoms with E-state index >= 15 is 0 Å². The summed E-state index contributed by atoms with van der Waals surface area (Å²) in [5.41, 5.74) is 0.795. The Balaban J connectivity index is 1.91. The Morgan fingerprint density at radius 3 is 2.35 bits per heavy atom. The van der Waals surface area contributed by atoms with E-state index in [9.17, 15) is 18.3 Å². The van der Waals surface area contributed by atoms with Gasteiger partial charge in [-0.2, -0.15) is 0 Å². The SMILES string of the molecule is O=C(O)CN(c1cccc2c1ccn2-c1ncccn1)S(=O)(=O)c1cc(Cl)cc(Cl)c1. The third-order valence-corrected chi connectivity index (χ3v) is 6.62. The second-order valence-electron chi connectivity index (χ2n) is 6.46. The monoisotopic (exact) mass is 476 g/mol. The highest BCUT2D eigenvalue weighted by Gasteiger charge is 2.29. The lowest BCUT2D eigenvalue weighted by atomic mass is 10.2. The Hall–Kier alpha value is -3.14. The van der Waals surface area contributed by atoms with Crippen molar-refractivity contribution in [1.82, 2.24) is 14.5 Å². The minimum absolute atomic E-state index is 0.118. The van der Waals surface area contributed by atoms with Crippen LogP contribution in [0.15, 0.2) is 72.0 Å². The van der Waals surface area contributed by atoms with Crippen molar-refractivity contribution < 1.29 is 18.3 Å². The van der Waals surface area contributed by atoms with Crippen molar-refractivity contribution in [3.8, 4) is 5.95 Å². The zero-order chi connectivity index (χ0) is 22.2. The fraction of sp³-hybridized carbons (Fsp3) is 0.0500. The van der Waals surface area contributed by atoms with Crippen molar-refractivity contribution in [1.29, 1.82) is 0 Å². The van der Waals surface area contributed by atoms with Crippen LogP contribution in [-0.4, -0.2) is 40.6 Å². The molecule has 4 rings (SSSR count). The van der Waals surface area contributed by atoms with Gasteiger partial charge in [0.1, 0.15) is 6.54 Å². The maximum absolute atomic E-state index is 13.4. The average Bonchev–Trinajstić information content (AvgIpc) is 3.16. The van der Waals surface area contributed by atoms with Crippen LogP contribution in [0.3, 0.4) is 0 Å². The zero-order valence-electron chi connectivity index (χ0n) is 15.7. The van der Waals surface area contributed by atoms with Crippen LogP contribution < -0.4 is 4.31 Å². The maximum atomic E-state index is 13.4. The van der Waals surface area contributed by atoms with E-state index in [1.165, 1.54) is 24.3 Å². The number of rotatable bonds is 6. The summed E-state index contributed by atoms with van der Waals surface area (Å²) < 4.78 is 29.3. The molecule has 0 unspecified atom stereocenters. The Labute approximate surface area is 187 Å². The van der Waals surface area contributed by atoms with Gasteiger partial charge in [-0.1, -0.05) is 29.3 Å². The van der Waals surface area contributed by atoms with Crippen LogP contribution in [0, 0.1) is 0 Å². The first-order chi connectivity index (χ1) is 14.8. The normalized spacial score (nSPS) is 11.5. The molecule has 0 radical (unpaired) electrons. The van der Waals surface area contributed by atoms with Gasteiger partial charge >= 0.3 is 5.97 Å². The fourth-order valence-corrected chi connectivity index (χ4v) is 5.35. The first-order valence-corrected chi connectivity index (χ1v) is 11.0. The highest BCUT2D eigenvalue weighted by molar-refractivity contribution is 7.92. The van der Waals surface area contributed by atoms with E-state index in [0.29, 0.717) is 16.9 Å². The van der Waals surface area contributed by atoms with E-state index < -0.39 is 22.5 Å². The van der Waals surface area contributed by atoms with Crippen molar-refractivity contribution in [3.05, 3.63) is 77.2 Å². The molecule has 0 aliphatic heterocycles. The molecule has 158 valence electrons. The van der Waals surface area contributed by atoms with Crippen molar-refractivity contribution in [2.45, 2.75) is 4.90 Å². The Morgan fingerprint density at radius 2 is 1.71 bits per heavy atom. The fourth-order valence-electron chi connectivity index (χ4n) is 3.19. The standard InChI is InChI=1S/C20H14Cl2N4O4S/c21-13-9-14(22)11-15(10-13)31(29,30)26(12-19(27)28)18-4-1-3-17-16(18)5-8-25(17)20-23-6-2-7-24-20/h1-11H,12H2,(H,27,28). The number of fused-ring (bicyclic) bond motifs is 1. The molecule has 0 amide bonds. The van der Waals surface area contributed by atoms with Crippen LogP contribution in [0.1, 0.15) is 0 Å². The molecule has 8 nitrogen and oxygen atoms in total. The van der Waals surface area contributed by atoms with Gasteiger partial charge in [0.25, 0.3) is 10.0 Å². The number of hydrogen-bond donors (Lipinski definition) is 1. The summed E-state index contributed by atoms with van der Waals surface area (Å²) in [7, 11) is -4.30. The van der Waals surface area contributed by atoms with Gasteiger partial charge in [0, 0.05) is 34.0 Å². The number of halogens is 2. The smallest absolute Gasteiger partial charge is 0.324 e. The number of nitrogens with zero attached hydrogens (tertiary/aromatic N) is 4. The molecule has 0 aliphatic rings. The summed E-state index contributed by atoms with van der Waals surface area (Å²) in [5, 5.41) is 10.2. The van der Waals surface area contributed by atoms with Crippen LogP contribution in [-0.2, 0) is 14.8 Å². The first kappa shape index (κ1) is 21.1. The van der Waals surface area contributed by atoms with Crippen LogP contribution in [0.4, 0.5) is 5.69 Å². The number of hydrogen-bond acceptors (Lipinski definition) is 5. The lowest BCUT2D eigenvalue weighted by molar-refractivity contribution is -0.135. The number of carboxylic acids is 1. The quantitative estimate of drug-likeness (QED) is 0.450. The maximum Gasteiger partial charge on any atom is 0.324 e. The number of carboxylic acid groups (broad SMARTS) is 1.